The first-order valence-electron chi connectivity index (χ1n) is 30.3. The number of nitrogens with zero attached hydrogens (tertiary/aromatic N) is 3. The molecule has 4 heterocycles. The predicted octanol–water partition coefficient (Wildman–Crippen LogP) is 18.9. The van der Waals surface area contributed by atoms with Gasteiger partial charge in [0.15, 0.2) is 0 Å². The summed E-state index contributed by atoms with van der Waals surface area (Å²) in [7, 11) is 0. The summed E-state index contributed by atoms with van der Waals surface area (Å²) in [5, 5.41) is 2.25. The molecule has 82 heavy (non-hydrogen) atoms. The van der Waals surface area contributed by atoms with E-state index in [1.165, 1.54) is 131 Å². The van der Waals surface area contributed by atoms with Gasteiger partial charge in [0, 0.05) is 61.3 Å². The summed E-state index contributed by atoms with van der Waals surface area (Å²) in [6.45, 7) is 31.3. The average molecular weight is 1070 g/mol. The first-order valence-corrected chi connectivity index (χ1v) is 30.3. The molecule has 0 N–H and O–H groups in total. The number of benzene rings is 9. The molecule has 10 aromatic rings. The van der Waals surface area contributed by atoms with E-state index in [1.54, 1.807) is 0 Å². The SMILES string of the molecule is Cc1cc2c3c(c1)N(c1cccc4oc5ccccc5c14)c1cc(N4c5ccc(C(C)(C)C)cc5C5(C)CCCCC45C)ccc1B3c1cc3c(cc1N2c1ccc(C(C)(C)C)cc1-c1ccccc1)C(C)(C)c1ccccc1C3(C)C. The molecule has 5 heteroatoms. The van der Waals surface area contributed by atoms with E-state index in [9.17, 15) is 0 Å². The fraction of sp³-hybridized carbons (Fsp3) is 0.299. The van der Waals surface area contributed by atoms with Crippen molar-refractivity contribution >= 4 is 90.5 Å². The molecule has 9 aromatic carbocycles. The quantitative estimate of drug-likeness (QED) is 0.164. The Morgan fingerprint density at radius 2 is 1.05 bits per heavy atom. The normalized spacial score (nSPS) is 20.0. The maximum Gasteiger partial charge on any atom is 0.252 e. The number of hydrogen-bond donors (Lipinski definition) is 0. The highest BCUT2D eigenvalue weighted by molar-refractivity contribution is 7.00. The first-order chi connectivity index (χ1) is 39.1. The molecule has 0 bridgehead atoms. The van der Waals surface area contributed by atoms with E-state index in [4.69, 9.17) is 4.42 Å². The van der Waals surface area contributed by atoms with Crippen molar-refractivity contribution in [2.75, 3.05) is 14.7 Å². The number of aryl methyl sites for hydroxylation is 1. The lowest BCUT2D eigenvalue weighted by Crippen LogP contribution is -2.62. The van der Waals surface area contributed by atoms with Crippen molar-refractivity contribution in [3.63, 3.8) is 0 Å². The van der Waals surface area contributed by atoms with Gasteiger partial charge in [-0.3, -0.25) is 0 Å². The highest BCUT2D eigenvalue weighted by atomic mass is 16.3. The fourth-order valence-corrected chi connectivity index (χ4v) is 16.3. The molecule has 1 aromatic heterocycles. The van der Waals surface area contributed by atoms with Crippen LogP contribution in [0.5, 0.6) is 0 Å². The molecule has 15 rings (SSSR count). The van der Waals surface area contributed by atoms with E-state index in [0.29, 0.717) is 0 Å². The molecular weight excluding hydrogens is 994 g/mol. The number of para-hydroxylation sites is 1. The third kappa shape index (κ3) is 6.98. The second kappa shape index (κ2) is 17.2. The van der Waals surface area contributed by atoms with Gasteiger partial charge >= 0.3 is 0 Å². The van der Waals surface area contributed by atoms with E-state index in [2.05, 4.69) is 281 Å². The van der Waals surface area contributed by atoms with Gasteiger partial charge in [-0.25, -0.2) is 0 Å². The van der Waals surface area contributed by atoms with Crippen LogP contribution in [0.1, 0.15) is 153 Å². The first kappa shape index (κ1) is 51.1. The highest BCUT2D eigenvalue weighted by Crippen LogP contribution is 2.62. The zero-order valence-electron chi connectivity index (χ0n) is 50.4. The fourth-order valence-electron chi connectivity index (χ4n) is 16.3. The molecule has 2 unspecified atom stereocenters. The topological polar surface area (TPSA) is 22.9 Å². The van der Waals surface area contributed by atoms with Crippen LogP contribution in [0.2, 0.25) is 0 Å². The molecule has 3 aliphatic heterocycles. The minimum absolute atomic E-state index is 0.0227. The minimum atomic E-state index is -0.260. The lowest BCUT2D eigenvalue weighted by atomic mass is 9.33. The Labute approximate surface area is 486 Å². The summed E-state index contributed by atoms with van der Waals surface area (Å²) in [5.41, 5.74) is 28.3. The van der Waals surface area contributed by atoms with Gasteiger partial charge in [0.1, 0.15) is 11.2 Å². The summed E-state index contributed by atoms with van der Waals surface area (Å²) in [4.78, 5) is 8.12. The molecule has 0 saturated heterocycles. The van der Waals surface area contributed by atoms with E-state index < -0.39 is 0 Å². The largest absolute Gasteiger partial charge is 0.456 e. The molecule has 1 saturated carbocycles. The summed E-state index contributed by atoms with van der Waals surface area (Å²) >= 11 is 0. The molecule has 0 spiro atoms. The van der Waals surface area contributed by atoms with Gasteiger partial charge in [0.2, 0.25) is 0 Å². The van der Waals surface area contributed by atoms with Crippen LogP contribution in [-0.4, -0.2) is 12.3 Å². The average Bonchev–Trinajstić information content (AvgIpc) is 2.47. The molecule has 4 nitrogen and oxygen atoms in total. The van der Waals surface area contributed by atoms with Gasteiger partial charge in [0.05, 0.1) is 22.3 Å². The van der Waals surface area contributed by atoms with E-state index in [0.717, 1.165) is 34.0 Å². The number of rotatable bonds is 4. The van der Waals surface area contributed by atoms with Crippen molar-refractivity contribution in [2.45, 2.75) is 148 Å². The molecule has 0 amide bonds. The number of fused-ring (bicyclic) bond motifs is 12. The van der Waals surface area contributed by atoms with Crippen molar-refractivity contribution < 1.29 is 4.42 Å². The van der Waals surface area contributed by atoms with Crippen molar-refractivity contribution in [3.8, 4) is 11.1 Å². The van der Waals surface area contributed by atoms with Gasteiger partial charge in [0.25, 0.3) is 6.71 Å². The summed E-state index contributed by atoms with van der Waals surface area (Å²) < 4.78 is 6.80. The second-order valence-corrected chi connectivity index (χ2v) is 28.5. The summed E-state index contributed by atoms with van der Waals surface area (Å²) in [6, 6.07) is 68.4. The number of hydrogen-bond acceptors (Lipinski definition) is 4. The van der Waals surface area contributed by atoms with Gasteiger partial charge in [-0.2, -0.15) is 0 Å². The van der Waals surface area contributed by atoms with Crippen LogP contribution in [0.25, 0.3) is 33.1 Å². The summed E-state index contributed by atoms with van der Waals surface area (Å²) in [6.07, 6.45) is 4.76. The van der Waals surface area contributed by atoms with E-state index in [1.807, 2.05) is 0 Å². The van der Waals surface area contributed by atoms with Gasteiger partial charge in [-0.05, 0) is 171 Å². The summed E-state index contributed by atoms with van der Waals surface area (Å²) in [5.74, 6) is 0. The van der Waals surface area contributed by atoms with Gasteiger partial charge in [-0.1, -0.05) is 198 Å². The van der Waals surface area contributed by atoms with Gasteiger partial charge in [-0.15, -0.1) is 0 Å². The molecule has 2 atom stereocenters. The van der Waals surface area contributed by atoms with E-state index in [-0.39, 0.29) is 39.3 Å². The zero-order chi connectivity index (χ0) is 56.8. The van der Waals surface area contributed by atoms with Crippen LogP contribution in [0, 0.1) is 6.92 Å². The third-order valence-electron chi connectivity index (χ3n) is 21.0. The van der Waals surface area contributed by atoms with Crippen LogP contribution in [-0.2, 0) is 27.1 Å². The van der Waals surface area contributed by atoms with Crippen LogP contribution in [0.15, 0.2) is 180 Å². The van der Waals surface area contributed by atoms with Crippen molar-refractivity contribution in [3.05, 3.63) is 220 Å². The van der Waals surface area contributed by atoms with Crippen LogP contribution >= 0.6 is 0 Å². The Hall–Kier alpha value is -7.76. The lowest BCUT2D eigenvalue weighted by Gasteiger charge is -2.51. The molecule has 408 valence electrons. The number of anilines is 8. The maximum absolute atomic E-state index is 6.80. The Morgan fingerprint density at radius 3 is 1.76 bits per heavy atom. The molecule has 5 aliphatic rings. The zero-order valence-corrected chi connectivity index (χ0v) is 50.4. The maximum atomic E-state index is 6.80. The monoisotopic (exact) mass is 1070 g/mol. The molecular formula is C77H76BN3O. The van der Waals surface area contributed by atoms with Crippen molar-refractivity contribution in [1.29, 1.82) is 0 Å². The molecule has 1 fully saturated rings. The van der Waals surface area contributed by atoms with Crippen LogP contribution in [0.3, 0.4) is 0 Å². The van der Waals surface area contributed by atoms with Crippen molar-refractivity contribution in [1.82, 2.24) is 0 Å². The Balaban J connectivity index is 1.06. The number of furan rings is 1. The van der Waals surface area contributed by atoms with Crippen molar-refractivity contribution in [2.24, 2.45) is 0 Å². The van der Waals surface area contributed by atoms with Crippen LogP contribution in [0.4, 0.5) is 45.5 Å². The molecule has 2 aliphatic carbocycles. The Kier molecular flexibility index (Phi) is 10.7. The van der Waals surface area contributed by atoms with E-state index >= 15 is 0 Å². The van der Waals surface area contributed by atoms with Crippen LogP contribution < -0.4 is 31.1 Å². The Morgan fingerprint density at radius 1 is 0.451 bits per heavy atom. The third-order valence-corrected chi connectivity index (χ3v) is 21.0. The second-order valence-electron chi connectivity index (χ2n) is 28.5. The smallest absolute Gasteiger partial charge is 0.252 e. The molecule has 0 radical (unpaired) electrons. The van der Waals surface area contributed by atoms with Gasteiger partial charge < -0.3 is 19.1 Å². The lowest BCUT2D eigenvalue weighted by molar-refractivity contribution is 0.195. The highest BCUT2D eigenvalue weighted by Gasteiger charge is 2.58. The Bertz CT molecular complexity index is 4340. The predicted molar refractivity (Wildman–Crippen MR) is 349 cm³/mol. The minimum Gasteiger partial charge on any atom is -0.456 e. The standard InChI is InChI=1S/C77H76BN3O/c1-47-40-66-71-67(41-47)80(63-29-23-31-69-70(63)52-26-17-20-30-68(52)82-69)64-44-51(81-62-37-33-50(73(5,6)7)43-58(62)76(12)38-21-22-39-77(76,81)13)34-35-59(64)78(71)60-45-56-57(75(10,11)55-28-19-18-27-54(55)74(56,8)9)46-65(60)79(66)61-36-32-49(72(2,3)4)42-53(61)48-24-15-14-16-25-48/h14-20,23-37,40-46H,21-22,38-39H2,1-13H3.